The normalized spacial score (nSPS) is 10.2. The lowest BCUT2D eigenvalue weighted by Crippen LogP contribution is -2.40. The van der Waals surface area contributed by atoms with Crippen molar-refractivity contribution >= 4 is 34.9 Å². The zero-order valence-corrected chi connectivity index (χ0v) is 13.6. The van der Waals surface area contributed by atoms with Gasteiger partial charge in [0, 0.05) is 18.0 Å². The SMILES string of the molecule is O=C(NCCNC(=O)c1ccccc1F)NCc1ccc(Cl)s1. The van der Waals surface area contributed by atoms with Crippen molar-refractivity contribution in [3.8, 4) is 0 Å². The van der Waals surface area contributed by atoms with Crippen LogP contribution in [0.1, 0.15) is 15.2 Å². The summed E-state index contributed by atoms with van der Waals surface area (Å²) in [5, 5.41) is 7.80. The number of amides is 3. The lowest BCUT2D eigenvalue weighted by molar-refractivity contribution is 0.0950. The summed E-state index contributed by atoms with van der Waals surface area (Å²) < 4.78 is 14.1. The van der Waals surface area contributed by atoms with Crippen LogP contribution in [0, 0.1) is 5.82 Å². The van der Waals surface area contributed by atoms with Gasteiger partial charge >= 0.3 is 6.03 Å². The minimum absolute atomic E-state index is 0.0217. The summed E-state index contributed by atoms with van der Waals surface area (Å²) in [7, 11) is 0. The van der Waals surface area contributed by atoms with Crippen molar-refractivity contribution in [2.75, 3.05) is 13.1 Å². The van der Waals surface area contributed by atoms with Crippen LogP contribution in [-0.2, 0) is 6.54 Å². The molecule has 5 nitrogen and oxygen atoms in total. The molecule has 3 amide bonds. The lowest BCUT2D eigenvalue weighted by Gasteiger charge is -2.08. The van der Waals surface area contributed by atoms with E-state index in [1.54, 1.807) is 12.1 Å². The van der Waals surface area contributed by atoms with Crippen molar-refractivity contribution < 1.29 is 14.0 Å². The first-order chi connectivity index (χ1) is 11.1. The van der Waals surface area contributed by atoms with E-state index >= 15 is 0 Å². The summed E-state index contributed by atoms with van der Waals surface area (Å²) in [5.41, 5.74) is -0.0217. The molecule has 1 aromatic heterocycles. The largest absolute Gasteiger partial charge is 0.350 e. The summed E-state index contributed by atoms with van der Waals surface area (Å²) in [6.07, 6.45) is 0. The molecule has 0 aliphatic carbocycles. The second-order valence-corrected chi connectivity index (χ2v) is 6.35. The maximum Gasteiger partial charge on any atom is 0.315 e. The minimum atomic E-state index is -0.578. The highest BCUT2D eigenvalue weighted by atomic mass is 35.5. The average molecular weight is 356 g/mol. The van der Waals surface area contributed by atoms with E-state index in [1.807, 2.05) is 6.07 Å². The maximum atomic E-state index is 13.4. The molecule has 2 rings (SSSR count). The number of thiophene rings is 1. The van der Waals surface area contributed by atoms with Gasteiger partial charge < -0.3 is 16.0 Å². The van der Waals surface area contributed by atoms with E-state index < -0.39 is 11.7 Å². The fraction of sp³-hybridized carbons (Fsp3) is 0.200. The number of urea groups is 1. The van der Waals surface area contributed by atoms with Crippen LogP contribution in [0.3, 0.4) is 0 Å². The van der Waals surface area contributed by atoms with Gasteiger partial charge in [0.2, 0.25) is 0 Å². The van der Waals surface area contributed by atoms with Crippen LogP contribution in [0.5, 0.6) is 0 Å². The molecule has 2 aromatic rings. The summed E-state index contributed by atoms with van der Waals surface area (Å²) in [4.78, 5) is 24.2. The maximum absolute atomic E-state index is 13.4. The Morgan fingerprint density at radius 2 is 1.78 bits per heavy atom. The molecule has 0 atom stereocenters. The zero-order chi connectivity index (χ0) is 16.7. The molecule has 122 valence electrons. The highest BCUT2D eigenvalue weighted by Crippen LogP contribution is 2.20. The molecular weight excluding hydrogens is 341 g/mol. The van der Waals surface area contributed by atoms with Gasteiger partial charge in [0.1, 0.15) is 5.82 Å². The molecule has 0 unspecified atom stereocenters. The summed E-state index contributed by atoms with van der Waals surface area (Å²) in [5.74, 6) is -1.09. The average Bonchev–Trinajstić information content (AvgIpc) is 2.95. The van der Waals surface area contributed by atoms with Crippen LogP contribution in [0.25, 0.3) is 0 Å². The summed E-state index contributed by atoms with van der Waals surface area (Å²) >= 11 is 7.18. The quantitative estimate of drug-likeness (QED) is 0.697. The van der Waals surface area contributed by atoms with Gasteiger partial charge in [0.25, 0.3) is 5.91 Å². The van der Waals surface area contributed by atoms with Crippen molar-refractivity contribution in [1.82, 2.24) is 16.0 Å². The Labute approximate surface area is 141 Å². The van der Waals surface area contributed by atoms with E-state index in [4.69, 9.17) is 11.6 Å². The highest BCUT2D eigenvalue weighted by molar-refractivity contribution is 7.16. The Kier molecular flexibility index (Phi) is 6.37. The molecule has 0 saturated carbocycles. The fourth-order valence-electron chi connectivity index (χ4n) is 1.77. The van der Waals surface area contributed by atoms with Gasteiger partial charge in [-0.1, -0.05) is 23.7 Å². The lowest BCUT2D eigenvalue weighted by atomic mass is 10.2. The first-order valence-electron chi connectivity index (χ1n) is 6.85. The number of hydrogen-bond acceptors (Lipinski definition) is 3. The first kappa shape index (κ1) is 17.2. The van der Waals surface area contributed by atoms with Crippen molar-refractivity contribution in [3.63, 3.8) is 0 Å². The number of rotatable bonds is 6. The standard InChI is InChI=1S/C15H15ClFN3O2S/c16-13-6-5-10(23-13)9-20-15(22)19-8-7-18-14(21)11-3-1-2-4-12(11)17/h1-6H,7-9H2,(H,18,21)(H2,19,20,22). The van der Waals surface area contributed by atoms with Crippen LogP contribution in [0.4, 0.5) is 9.18 Å². The van der Waals surface area contributed by atoms with E-state index in [2.05, 4.69) is 16.0 Å². The van der Waals surface area contributed by atoms with Crippen LogP contribution >= 0.6 is 22.9 Å². The van der Waals surface area contributed by atoms with Gasteiger partial charge in [-0.05, 0) is 24.3 Å². The van der Waals surface area contributed by atoms with Crippen molar-refractivity contribution in [2.45, 2.75) is 6.54 Å². The van der Waals surface area contributed by atoms with Crippen LogP contribution in [0.2, 0.25) is 4.34 Å². The molecule has 0 aliphatic rings. The molecular formula is C15H15ClFN3O2S. The molecule has 8 heteroatoms. The molecule has 0 saturated heterocycles. The van der Waals surface area contributed by atoms with Crippen molar-refractivity contribution in [1.29, 1.82) is 0 Å². The number of hydrogen-bond donors (Lipinski definition) is 3. The Morgan fingerprint density at radius 3 is 2.48 bits per heavy atom. The van der Waals surface area contributed by atoms with Gasteiger partial charge in [-0.2, -0.15) is 0 Å². The number of halogens is 2. The number of benzene rings is 1. The minimum Gasteiger partial charge on any atom is -0.350 e. The summed E-state index contributed by atoms with van der Waals surface area (Å²) in [6, 6.07) is 8.96. The number of nitrogens with one attached hydrogen (secondary N) is 3. The molecule has 0 fully saturated rings. The predicted octanol–water partition coefficient (Wildman–Crippen LogP) is 2.77. The van der Waals surface area contributed by atoms with E-state index in [0.29, 0.717) is 10.9 Å². The highest BCUT2D eigenvalue weighted by Gasteiger charge is 2.09. The topological polar surface area (TPSA) is 70.2 Å². The molecule has 3 N–H and O–H groups in total. The Bertz CT molecular complexity index is 693. The Balaban J connectivity index is 1.64. The number of carbonyl (C=O) groups excluding carboxylic acids is 2. The van der Waals surface area contributed by atoms with E-state index in [1.165, 1.54) is 29.5 Å². The second kappa shape index (κ2) is 8.50. The van der Waals surface area contributed by atoms with E-state index in [-0.39, 0.29) is 24.7 Å². The molecule has 1 aromatic carbocycles. The van der Waals surface area contributed by atoms with Gasteiger partial charge in [0.05, 0.1) is 16.4 Å². The molecule has 0 bridgehead atoms. The van der Waals surface area contributed by atoms with Crippen molar-refractivity contribution in [3.05, 3.63) is 57.0 Å². The van der Waals surface area contributed by atoms with E-state index in [9.17, 15) is 14.0 Å². The van der Waals surface area contributed by atoms with E-state index in [0.717, 1.165) is 4.88 Å². The Morgan fingerprint density at radius 1 is 1.04 bits per heavy atom. The monoisotopic (exact) mass is 355 g/mol. The molecule has 0 aliphatic heterocycles. The fourth-order valence-corrected chi connectivity index (χ4v) is 2.80. The molecule has 23 heavy (non-hydrogen) atoms. The van der Waals surface area contributed by atoms with Crippen LogP contribution in [0.15, 0.2) is 36.4 Å². The first-order valence-corrected chi connectivity index (χ1v) is 8.04. The zero-order valence-electron chi connectivity index (χ0n) is 12.1. The van der Waals surface area contributed by atoms with Crippen molar-refractivity contribution in [2.24, 2.45) is 0 Å². The third kappa shape index (κ3) is 5.54. The van der Waals surface area contributed by atoms with Gasteiger partial charge in [-0.25, -0.2) is 9.18 Å². The third-order valence-corrected chi connectivity index (χ3v) is 4.10. The summed E-state index contributed by atoms with van der Waals surface area (Å²) in [6.45, 7) is 0.813. The molecule has 1 heterocycles. The Hall–Kier alpha value is -2.12. The second-order valence-electron chi connectivity index (χ2n) is 4.55. The van der Waals surface area contributed by atoms with Gasteiger partial charge in [0.15, 0.2) is 0 Å². The van der Waals surface area contributed by atoms with Gasteiger partial charge in [-0.3, -0.25) is 4.79 Å². The van der Waals surface area contributed by atoms with Gasteiger partial charge in [-0.15, -0.1) is 11.3 Å². The predicted molar refractivity (Wildman–Crippen MR) is 88.3 cm³/mol. The van der Waals surface area contributed by atoms with Crippen LogP contribution < -0.4 is 16.0 Å². The number of carbonyl (C=O) groups is 2. The smallest absolute Gasteiger partial charge is 0.315 e. The molecule has 0 radical (unpaired) electrons. The third-order valence-electron chi connectivity index (χ3n) is 2.87. The van der Waals surface area contributed by atoms with Crippen LogP contribution in [-0.4, -0.2) is 25.0 Å². The molecule has 0 spiro atoms.